The summed E-state index contributed by atoms with van der Waals surface area (Å²) in [7, 11) is 3.36. The number of hydrogen-bond donors (Lipinski definition) is 1. The fourth-order valence-electron chi connectivity index (χ4n) is 2.93. The first-order valence-electron chi connectivity index (χ1n) is 9.86. The van der Waals surface area contributed by atoms with Gasteiger partial charge in [-0.15, -0.1) is 0 Å². The lowest BCUT2D eigenvalue weighted by Crippen LogP contribution is -2.23. The Hall–Kier alpha value is -3.65. The van der Waals surface area contributed by atoms with E-state index in [2.05, 4.69) is 5.32 Å². The van der Waals surface area contributed by atoms with Crippen LogP contribution in [0.5, 0.6) is 0 Å². The molecule has 0 aliphatic rings. The summed E-state index contributed by atoms with van der Waals surface area (Å²) in [5, 5.41) is 14.3. The minimum atomic E-state index is -0.478. The highest BCUT2D eigenvalue weighted by atomic mass is 32.2. The highest BCUT2D eigenvalue weighted by Crippen LogP contribution is 2.35. The normalized spacial score (nSPS) is 10.5. The average molecular weight is 450 g/mol. The van der Waals surface area contributed by atoms with Crippen molar-refractivity contribution in [3.05, 3.63) is 99.1 Å². The molecule has 0 fully saturated rings. The Morgan fingerprint density at radius 1 is 0.969 bits per heavy atom. The molecule has 0 unspecified atom stereocenters. The van der Waals surface area contributed by atoms with Crippen molar-refractivity contribution in [3.8, 4) is 0 Å². The molecular weight excluding hydrogens is 426 g/mol. The maximum atomic E-state index is 12.6. The summed E-state index contributed by atoms with van der Waals surface area (Å²) in [4.78, 5) is 38.5. The van der Waals surface area contributed by atoms with E-state index in [0.29, 0.717) is 10.5 Å². The van der Waals surface area contributed by atoms with Gasteiger partial charge in [0.25, 0.3) is 17.5 Å². The zero-order chi connectivity index (χ0) is 23.3. The highest BCUT2D eigenvalue weighted by molar-refractivity contribution is 7.99. The summed E-state index contributed by atoms with van der Waals surface area (Å²) in [6.07, 6.45) is 0. The lowest BCUT2D eigenvalue weighted by molar-refractivity contribution is -0.387. The molecule has 0 heterocycles. The van der Waals surface area contributed by atoms with Crippen LogP contribution < -0.4 is 5.32 Å². The fraction of sp³-hybridized carbons (Fsp3) is 0.167. The van der Waals surface area contributed by atoms with E-state index in [9.17, 15) is 19.7 Å². The van der Waals surface area contributed by atoms with Gasteiger partial charge in [0.1, 0.15) is 0 Å². The standard InChI is InChI=1S/C24H23N3O4S/c1-16-4-11-20(12-5-16)32-22-13-10-19(14-21(22)27(30)31)23(28)25-15-17-6-8-18(9-7-17)24(29)26(2)3/h4-14H,15H2,1-3H3,(H,25,28). The van der Waals surface area contributed by atoms with Gasteiger partial charge in [0, 0.05) is 42.7 Å². The molecule has 164 valence electrons. The molecule has 2 amide bonds. The second-order valence-corrected chi connectivity index (χ2v) is 8.55. The van der Waals surface area contributed by atoms with E-state index in [1.165, 1.54) is 22.7 Å². The molecule has 1 N–H and O–H groups in total. The van der Waals surface area contributed by atoms with Gasteiger partial charge in [-0.1, -0.05) is 41.6 Å². The minimum absolute atomic E-state index is 0.100. The molecule has 0 aromatic heterocycles. The van der Waals surface area contributed by atoms with Gasteiger partial charge in [0.15, 0.2) is 0 Å². The lowest BCUT2D eigenvalue weighted by Gasteiger charge is -2.11. The first-order chi connectivity index (χ1) is 15.2. The summed E-state index contributed by atoms with van der Waals surface area (Å²) >= 11 is 1.28. The van der Waals surface area contributed by atoms with E-state index < -0.39 is 10.8 Å². The number of nitrogens with zero attached hydrogens (tertiary/aromatic N) is 2. The molecule has 0 atom stereocenters. The number of nitro groups is 1. The van der Waals surface area contributed by atoms with Gasteiger partial charge in [-0.25, -0.2) is 0 Å². The first-order valence-corrected chi connectivity index (χ1v) is 10.7. The largest absolute Gasteiger partial charge is 0.348 e. The Morgan fingerprint density at radius 3 is 2.19 bits per heavy atom. The van der Waals surface area contributed by atoms with Crippen molar-refractivity contribution >= 4 is 29.3 Å². The number of nitrogens with one attached hydrogen (secondary N) is 1. The molecular formula is C24H23N3O4S. The molecule has 8 heteroatoms. The van der Waals surface area contributed by atoms with E-state index in [0.717, 1.165) is 16.0 Å². The monoisotopic (exact) mass is 449 g/mol. The third kappa shape index (κ3) is 5.73. The lowest BCUT2D eigenvalue weighted by atomic mass is 10.1. The molecule has 0 radical (unpaired) electrons. The van der Waals surface area contributed by atoms with Crippen molar-refractivity contribution in [1.82, 2.24) is 10.2 Å². The molecule has 3 rings (SSSR count). The predicted octanol–water partition coefficient (Wildman–Crippen LogP) is 4.69. The van der Waals surface area contributed by atoms with Crippen LogP contribution in [-0.2, 0) is 6.54 Å². The Balaban J connectivity index is 1.70. The molecule has 0 saturated heterocycles. The molecule has 0 saturated carbocycles. The van der Waals surface area contributed by atoms with Gasteiger partial charge >= 0.3 is 0 Å². The Morgan fingerprint density at radius 2 is 1.59 bits per heavy atom. The van der Waals surface area contributed by atoms with Gasteiger partial charge in [0.2, 0.25) is 0 Å². The van der Waals surface area contributed by atoms with E-state index in [1.807, 2.05) is 31.2 Å². The summed E-state index contributed by atoms with van der Waals surface area (Å²) in [5.41, 5.74) is 2.58. The smallest absolute Gasteiger partial charge is 0.284 e. The van der Waals surface area contributed by atoms with Crippen LogP contribution in [0, 0.1) is 17.0 Å². The molecule has 3 aromatic rings. The average Bonchev–Trinajstić information content (AvgIpc) is 2.78. The fourth-order valence-corrected chi connectivity index (χ4v) is 3.83. The number of aryl methyl sites for hydroxylation is 1. The van der Waals surface area contributed by atoms with Crippen LogP contribution in [0.15, 0.2) is 76.5 Å². The van der Waals surface area contributed by atoms with Crippen LogP contribution in [0.3, 0.4) is 0 Å². The molecule has 32 heavy (non-hydrogen) atoms. The zero-order valence-electron chi connectivity index (χ0n) is 18.0. The summed E-state index contributed by atoms with van der Waals surface area (Å²) in [6, 6.07) is 19.1. The van der Waals surface area contributed by atoms with Gasteiger partial charge in [0.05, 0.1) is 9.82 Å². The number of hydrogen-bond acceptors (Lipinski definition) is 5. The summed E-state index contributed by atoms with van der Waals surface area (Å²) in [5.74, 6) is -0.509. The second-order valence-electron chi connectivity index (χ2n) is 7.43. The minimum Gasteiger partial charge on any atom is -0.348 e. The number of carbonyl (C=O) groups excluding carboxylic acids is 2. The van der Waals surface area contributed by atoms with E-state index in [-0.39, 0.29) is 23.7 Å². The Bertz CT molecular complexity index is 1140. The van der Waals surface area contributed by atoms with E-state index in [1.54, 1.807) is 50.5 Å². The maximum absolute atomic E-state index is 12.6. The SMILES string of the molecule is Cc1ccc(Sc2ccc(C(=O)NCc3ccc(C(=O)N(C)C)cc3)cc2[N+](=O)[O-])cc1. The molecule has 0 aliphatic carbocycles. The van der Waals surface area contributed by atoms with Crippen LogP contribution in [0.1, 0.15) is 31.8 Å². The first kappa shape index (κ1) is 23.0. The van der Waals surface area contributed by atoms with Gasteiger partial charge in [-0.05, 0) is 48.9 Å². The summed E-state index contributed by atoms with van der Waals surface area (Å²) < 4.78 is 0. The predicted molar refractivity (Wildman–Crippen MR) is 124 cm³/mol. The maximum Gasteiger partial charge on any atom is 0.284 e. The van der Waals surface area contributed by atoms with Crippen molar-refractivity contribution in [2.45, 2.75) is 23.3 Å². The van der Waals surface area contributed by atoms with Gasteiger partial charge in [-0.3, -0.25) is 19.7 Å². The molecule has 0 spiro atoms. The highest BCUT2D eigenvalue weighted by Gasteiger charge is 2.18. The van der Waals surface area contributed by atoms with Crippen LogP contribution >= 0.6 is 11.8 Å². The van der Waals surface area contributed by atoms with Crippen molar-refractivity contribution in [2.24, 2.45) is 0 Å². The van der Waals surface area contributed by atoms with E-state index in [4.69, 9.17) is 0 Å². The van der Waals surface area contributed by atoms with Crippen LogP contribution in [0.4, 0.5) is 5.69 Å². The molecule has 3 aromatic carbocycles. The molecule has 7 nitrogen and oxygen atoms in total. The number of benzene rings is 3. The second kappa shape index (κ2) is 10.1. The quantitative estimate of drug-likeness (QED) is 0.417. The number of nitro benzene ring substituents is 1. The van der Waals surface area contributed by atoms with Crippen molar-refractivity contribution in [1.29, 1.82) is 0 Å². The Kier molecular flexibility index (Phi) is 7.27. The van der Waals surface area contributed by atoms with E-state index >= 15 is 0 Å². The third-order valence-corrected chi connectivity index (χ3v) is 5.80. The number of amides is 2. The Labute approximate surface area is 190 Å². The van der Waals surface area contributed by atoms with Crippen LogP contribution in [0.25, 0.3) is 0 Å². The van der Waals surface area contributed by atoms with Crippen molar-refractivity contribution in [3.63, 3.8) is 0 Å². The van der Waals surface area contributed by atoms with Gasteiger partial charge in [-0.2, -0.15) is 0 Å². The number of rotatable bonds is 7. The topological polar surface area (TPSA) is 92.6 Å². The van der Waals surface area contributed by atoms with Crippen LogP contribution in [-0.4, -0.2) is 35.7 Å². The molecule has 0 aliphatic heterocycles. The van der Waals surface area contributed by atoms with Crippen molar-refractivity contribution < 1.29 is 14.5 Å². The molecule has 0 bridgehead atoms. The summed E-state index contributed by atoms with van der Waals surface area (Å²) in [6.45, 7) is 2.21. The third-order valence-electron chi connectivity index (χ3n) is 4.73. The van der Waals surface area contributed by atoms with Crippen LogP contribution in [0.2, 0.25) is 0 Å². The number of carbonyl (C=O) groups is 2. The zero-order valence-corrected chi connectivity index (χ0v) is 18.8. The van der Waals surface area contributed by atoms with Gasteiger partial charge < -0.3 is 10.2 Å². The van der Waals surface area contributed by atoms with Crippen molar-refractivity contribution in [2.75, 3.05) is 14.1 Å².